The molecule has 0 saturated heterocycles. The van der Waals surface area contributed by atoms with Gasteiger partial charge in [-0.3, -0.25) is 0 Å². The topological polar surface area (TPSA) is 95.7 Å². The molecule has 8 heteroatoms. The molecule has 0 aliphatic carbocycles. The number of nitrogens with one attached hydrogen (secondary N) is 1. The molecule has 128 valence electrons. The summed E-state index contributed by atoms with van der Waals surface area (Å²) in [6, 6.07) is 11.7. The van der Waals surface area contributed by atoms with E-state index in [-0.39, 0.29) is 11.5 Å². The first-order chi connectivity index (χ1) is 12.1. The molecule has 1 aromatic heterocycles. The zero-order valence-electron chi connectivity index (χ0n) is 13.4. The number of benzene rings is 2. The second kappa shape index (κ2) is 7.18. The fourth-order valence-electron chi connectivity index (χ4n) is 2.23. The third-order valence-electron chi connectivity index (χ3n) is 3.42. The Kier molecular flexibility index (Phi) is 4.80. The van der Waals surface area contributed by atoms with Crippen molar-refractivity contribution in [2.45, 2.75) is 6.92 Å². The number of hydrogen-bond donors (Lipinski definition) is 3. The quantitative estimate of drug-likeness (QED) is 0.481. The Morgan fingerprint density at radius 3 is 2.72 bits per heavy atom. The van der Waals surface area contributed by atoms with Crippen LogP contribution in [0.3, 0.4) is 0 Å². The predicted molar refractivity (Wildman–Crippen MR) is 96.8 cm³/mol. The van der Waals surface area contributed by atoms with Gasteiger partial charge in [0.15, 0.2) is 17.3 Å². The lowest BCUT2D eigenvalue weighted by molar-refractivity contribution is 0.318. The van der Waals surface area contributed by atoms with Crippen LogP contribution < -0.4 is 4.74 Å². The van der Waals surface area contributed by atoms with Gasteiger partial charge in [0.25, 0.3) is 0 Å². The van der Waals surface area contributed by atoms with Gasteiger partial charge in [0, 0.05) is 11.1 Å². The lowest BCUT2D eigenvalue weighted by atomic mass is 10.2. The molecule has 0 bridgehead atoms. The Labute approximate surface area is 148 Å². The van der Waals surface area contributed by atoms with E-state index in [0.717, 1.165) is 5.56 Å². The Morgan fingerprint density at radius 2 is 2.00 bits per heavy atom. The summed E-state index contributed by atoms with van der Waals surface area (Å²) in [6.45, 7) is 2.29. The van der Waals surface area contributed by atoms with E-state index in [4.69, 9.17) is 17.0 Å². The summed E-state index contributed by atoms with van der Waals surface area (Å²) in [6.07, 6.45) is 1.48. The molecule has 0 saturated carbocycles. The predicted octanol–water partition coefficient (Wildman–Crippen LogP) is 3.30. The van der Waals surface area contributed by atoms with Crippen LogP contribution in [0.15, 0.2) is 47.6 Å². The molecule has 0 unspecified atom stereocenters. The third kappa shape index (κ3) is 3.53. The second-order valence-corrected chi connectivity index (χ2v) is 5.47. The molecule has 0 spiro atoms. The summed E-state index contributed by atoms with van der Waals surface area (Å²) >= 11 is 5.21. The smallest absolute Gasteiger partial charge is 0.216 e. The van der Waals surface area contributed by atoms with E-state index in [1.54, 1.807) is 42.5 Å². The van der Waals surface area contributed by atoms with Gasteiger partial charge in [-0.15, -0.1) is 0 Å². The minimum Gasteiger partial charge on any atom is -0.508 e. The molecule has 3 rings (SSSR count). The van der Waals surface area contributed by atoms with Crippen molar-refractivity contribution in [1.82, 2.24) is 14.9 Å². The van der Waals surface area contributed by atoms with Gasteiger partial charge in [-0.25, -0.2) is 5.10 Å². The van der Waals surface area contributed by atoms with Gasteiger partial charge in [0.2, 0.25) is 4.77 Å². The number of aromatic amines is 1. The number of aromatic hydroxyl groups is 2. The summed E-state index contributed by atoms with van der Waals surface area (Å²) in [7, 11) is 0. The molecule has 25 heavy (non-hydrogen) atoms. The SMILES string of the molecule is CCOc1cccc(C=Nn2c(-c3ccc(O)cc3)n[nH]c2=S)c1O. The Balaban J connectivity index is 1.98. The molecule has 0 atom stereocenters. The van der Waals surface area contributed by atoms with Crippen LogP contribution in [0.4, 0.5) is 0 Å². The molecule has 2 aromatic carbocycles. The maximum absolute atomic E-state index is 10.2. The van der Waals surface area contributed by atoms with Crippen LogP contribution in [-0.4, -0.2) is 37.9 Å². The minimum atomic E-state index is 0.00861. The van der Waals surface area contributed by atoms with Crippen LogP contribution in [0.25, 0.3) is 11.4 Å². The fraction of sp³-hybridized carbons (Fsp3) is 0.118. The number of H-pyrrole nitrogens is 1. The molecule has 1 heterocycles. The minimum absolute atomic E-state index is 0.00861. The first-order valence-electron chi connectivity index (χ1n) is 7.56. The highest BCUT2D eigenvalue weighted by Crippen LogP contribution is 2.28. The molecule has 7 nitrogen and oxygen atoms in total. The van der Waals surface area contributed by atoms with E-state index in [0.29, 0.717) is 28.5 Å². The van der Waals surface area contributed by atoms with Gasteiger partial charge >= 0.3 is 0 Å². The lowest BCUT2D eigenvalue weighted by Crippen LogP contribution is -1.97. The van der Waals surface area contributed by atoms with Crippen molar-refractivity contribution >= 4 is 18.4 Å². The van der Waals surface area contributed by atoms with Gasteiger partial charge in [-0.2, -0.15) is 14.9 Å². The molecule has 0 radical (unpaired) electrons. The fourth-order valence-corrected chi connectivity index (χ4v) is 2.41. The number of para-hydroxylation sites is 1. The highest BCUT2D eigenvalue weighted by atomic mass is 32.1. The van der Waals surface area contributed by atoms with Gasteiger partial charge < -0.3 is 14.9 Å². The average molecular weight is 356 g/mol. The van der Waals surface area contributed by atoms with Crippen LogP contribution in [0.2, 0.25) is 0 Å². The molecular weight excluding hydrogens is 340 g/mol. The van der Waals surface area contributed by atoms with E-state index in [2.05, 4.69) is 15.3 Å². The van der Waals surface area contributed by atoms with Crippen molar-refractivity contribution in [3.63, 3.8) is 0 Å². The van der Waals surface area contributed by atoms with Gasteiger partial charge in [0.1, 0.15) is 5.75 Å². The van der Waals surface area contributed by atoms with E-state index in [9.17, 15) is 10.2 Å². The molecule has 3 N–H and O–H groups in total. The summed E-state index contributed by atoms with van der Waals surface area (Å²) in [5.74, 6) is 1.04. The Hall–Kier alpha value is -3.13. The van der Waals surface area contributed by atoms with Crippen molar-refractivity contribution in [2.24, 2.45) is 5.10 Å². The number of phenols is 2. The molecule has 0 fully saturated rings. The normalized spacial score (nSPS) is 11.1. The van der Waals surface area contributed by atoms with Crippen molar-refractivity contribution in [3.05, 3.63) is 52.8 Å². The number of phenolic OH excluding ortho intramolecular Hbond substituents is 2. The van der Waals surface area contributed by atoms with Crippen LogP contribution in [-0.2, 0) is 0 Å². The van der Waals surface area contributed by atoms with Crippen molar-refractivity contribution in [1.29, 1.82) is 0 Å². The van der Waals surface area contributed by atoms with Gasteiger partial charge in [0.05, 0.1) is 12.8 Å². The van der Waals surface area contributed by atoms with Gasteiger partial charge in [-0.1, -0.05) is 6.07 Å². The number of rotatable bonds is 5. The first-order valence-corrected chi connectivity index (χ1v) is 7.97. The van der Waals surface area contributed by atoms with Crippen molar-refractivity contribution in [2.75, 3.05) is 6.61 Å². The molecule has 0 aliphatic heterocycles. The van der Waals surface area contributed by atoms with Crippen LogP contribution >= 0.6 is 12.2 Å². The van der Waals surface area contributed by atoms with Gasteiger partial charge in [-0.05, 0) is 55.5 Å². The summed E-state index contributed by atoms with van der Waals surface area (Å²) in [5, 5.41) is 30.8. The maximum Gasteiger partial charge on any atom is 0.216 e. The molecule has 0 aliphatic rings. The highest BCUT2D eigenvalue weighted by molar-refractivity contribution is 7.71. The maximum atomic E-state index is 10.2. The zero-order chi connectivity index (χ0) is 17.8. The van der Waals surface area contributed by atoms with Crippen molar-refractivity contribution in [3.8, 4) is 28.6 Å². The standard InChI is InChI=1S/C17H16N4O3S/c1-2-24-14-5-3-4-12(15(14)23)10-18-21-16(19-20-17(21)25)11-6-8-13(22)9-7-11/h3-10,22-23H,2H2,1H3,(H,20,25). The highest BCUT2D eigenvalue weighted by Gasteiger charge is 2.09. The largest absolute Gasteiger partial charge is 0.508 e. The Bertz CT molecular complexity index is 961. The van der Waals surface area contributed by atoms with Crippen LogP contribution in [0.1, 0.15) is 12.5 Å². The summed E-state index contributed by atoms with van der Waals surface area (Å²) < 4.78 is 7.11. The molecule has 0 amide bonds. The summed E-state index contributed by atoms with van der Waals surface area (Å²) in [5.41, 5.74) is 1.22. The number of nitrogens with zero attached hydrogens (tertiary/aromatic N) is 3. The van der Waals surface area contributed by atoms with E-state index in [1.165, 1.54) is 10.9 Å². The zero-order valence-corrected chi connectivity index (χ0v) is 14.2. The monoisotopic (exact) mass is 356 g/mol. The lowest BCUT2D eigenvalue weighted by Gasteiger charge is -2.07. The van der Waals surface area contributed by atoms with E-state index >= 15 is 0 Å². The average Bonchev–Trinajstić information content (AvgIpc) is 2.97. The number of aromatic nitrogens is 3. The first kappa shape index (κ1) is 16.7. The summed E-state index contributed by atoms with van der Waals surface area (Å²) in [4.78, 5) is 0. The third-order valence-corrected chi connectivity index (χ3v) is 3.68. The number of hydrogen-bond acceptors (Lipinski definition) is 6. The molecule has 3 aromatic rings. The molecular formula is C17H16N4O3S. The number of ether oxygens (including phenoxy) is 1. The van der Waals surface area contributed by atoms with Crippen LogP contribution in [0, 0.1) is 4.77 Å². The van der Waals surface area contributed by atoms with Crippen LogP contribution in [0.5, 0.6) is 17.2 Å². The van der Waals surface area contributed by atoms with E-state index < -0.39 is 0 Å². The van der Waals surface area contributed by atoms with E-state index in [1.807, 2.05) is 6.92 Å². The van der Waals surface area contributed by atoms with Crippen molar-refractivity contribution < 1.29 is 14.9 Å². The Morgan fingerprint density at radius 1 is 1.24 bits per heavy atom. The second-order valence-electron chi connectivity index (χ2n) is 5.08.